The highest BCUT2D eigenvalue weighted by Gasteiger charge is 2.29. The molecule has 3 aromatic rings. The zero-order chi connectivity index (χ0) is 14.9. The lowest BCUT2D eigenvalue weighted by atomic mass is 10.0. The first-order chi connectivity index (χ1) is 10.8. The fourth-order valence-electron chi connectivity index (χ4n) is 2.58. The fourth-order valence-corrected chi connectivity index (χ4v) is 3.58. The number of anilines is 1. The summed E-state index contributed by atoms with van der Waals surface area (Å²) in [6, 6.07) is 15.6. The number of pyridine rings is 1. The second-order valence-electron chi connectivity index (χ2n) is 5.02. The Kier molecular flexibility index (Phi) is 3.12. The monoisotopic (exact) mass is 307 g/mol. The standard InChI is InChI=1S/C17H13N3OS/c21-16-14-12(11-6-2-1-3-7-11)10-22-17(14)20-15(19-16)13-8-4-5-9-18-13/h1-10,15,20H,(H,19,21)/t15-/m1/s1. The maximum absolute atomic E-state index is 12.6. The molecule has 0 aliphatic carbocycles. The maximum atomic E-state index is 12.6. The molecule has 108 valence electrons. The third kappa shape index (κ3) is 2.16. The van der Waals surface area contributed by atoms with Crippen LogP contribution in [-0.2, 0) is 0 Å². The number of amides is 1. The first-order valence-electron chi connectivity index (χ1n) is 6.98. The molecule has 5 heteroatoms. The fraction of sp³-hybridized carbons (Fsp3) is 0.0588. The minimum atomic E-state index is -0.288. The molecule has 2 aromatic heterocycles. The maximum Gasteiger partial charge on any atom is 0.256 e. The minimum Gasteiger partial charge on any atom is -0.351 e. The van der Waals surface area contributed by atoms with E-state index in [2.05, 4.69) is 15.6 Å². The van der Waals surface area contributed by atoms with Crippen molar-refractivity contribution in [3.05, 3.63) is 71.4 Å². The number of nitrogens with zero attached hydrogens (tertiary/aromatic N) is 1. The van der Waals surface area contributed by atoms with E-state index in [9.17, 15) is 4.79 Å². The summed E-state index contributed by atoms with van der Waals surface area (Å²) < 4.78 is 0. The Balaban J connectivity index is 1.73. The van der Waals surface area contributed by atoms with Gasteiger partial charge in [0.2, 0.25) is 0 Å². The van der Waals surface area contributed by atoms with E-state index in [1.807, 2.05) is 53.9 Å². The van der Waals surface area contributed by atoms with Crippen molar-refractivity contribution in [1.82, 2.24) is 10.3 Å². The molecule has 0 bridgehead atoms. The molecular formula is C17H13N3OS. The topological polar surface area (TPSA) is 54.0 Å². The van der Waals surface area contributed by atoms with Crippen molar-refractivity contribution in [1.29, 1.82) is 0 Å². The van der Waals surface area contributed by atoms with Crippen LogP contribution in [0.2, 0.25) is 0 Å². The van der Waals surface area contributed by atoms with Crippen LogP contribution >= 0.6 is 11.3 Å². The van der Waals surface area contributed by atoms with Gasteiger partial charge in [-0.3, -0.25) is 9.78 Å². The number of hydrogen-bond acceptors (Lipinski definition) is 4. The molecule has 2 N–H and O–H groups in total. The van der Waals surface area contributed by atoms with E-state index in [4.69, 9.17) is 0 Å². The molecule has 4 rings (SSSR count). The minimum absolute atomic E-state index is 0.0653. The van der Waals surface area contributed by atoms with Gasteiger partial charge in [0, 0.05) is 17.1 Å². The second-order valence-corrected chi connectivity index (χ2v) is 5.90. The first kappa shape index (κ1) is 13.0. The van der Waals surface area contributed by atoms with Crippen LogP contribution in [0.3, 0.4) is 0 Å². The Morgan fingerprint density at radius 3 is 2.59 bits per heavy atom. The smallest absolute Gasteiger partial charge is 0.256 e. The van der Waals surface area contributed by atoms with Gasteiger partial charge in [0.05, 0.1) is 11.3 Å². The normalized spacial score (nSPS) is 16.5. The Morgan fingerprint density at radius 2 is 1.82 bits per heavy atom. The van der Waals surface area contributed by atoms with E-state index in [1.54, 1.807) is 17.5 Å². The van der Waals surface area contributed by atoms with Crippen molar-refractivity contribution in [2.24, 2.45) is 0 Å². The van der Waals surface area contributed by atoms with E-state index in [0.29, 0.717) is 5.56 Å². The molecular weight excluding hydrogens is 294 g/mol. The summed E-state index contributed by atoms with van der Waals surface area (Å²) in [6.07, 6.45) is 1.44. The van der Waals surface area contributed by atoms with Gasteiger partial charge in [-0.1, -0.05) is 36.4 Å². The lowest BCUT2D eigenvalue weighted by Gasteiger charge is -2.25. The van der Waals surface area contributed by atoms with Gasteiger partial charge in [0.25, 0.3) is 5.91 Å². The number of carbonyl (C=O) groups excluding carboxylic acids is 1. The molecule has 3 heterocycles. The van der Waals surface area contributed by atoms with Crippen molar-refractivity contribution in [2.45, 2.75) is 6.17 Å². The average molecular weight is 307 g/mol. The van der Waals surface area contributed by atoms with Crippen molar-refractivity contribution in [2.75, 3.05) is 5.32 Å². The number of benzene rings is 1. The first-order valence-corrected chi connectivity index (χ1v) is 7.86. The van der Waals surface area contributed by atoms with Crippen molar-refractivity contribution >= 4 is 22.2 Å². The number of rotatable bonds is 2. The van der Waals surface area contributed by atoms with E-state index in [0.717, 1.165) is 21.8 Å². The number of thiophene rings is 1. The predicted octanol–water partition coefficient (Wildman–Crippen LogP) is 3.66. The Hall–Kier alpha value is -2.66. The van der Waals surface area contributed by atoms with Gasteiger partial charge in [-0.05, 0) is 17.7 Å². The van der Waals surface area contributed by atoms with Crippen LogP contribution in [0.5, 0.6) is 0 Å². The molecule has 0 fully saturated rings. The molecule has 0 unspecified atom stereocenters. The molecule has 4 nitrogen and oxygen atoms in total. The van der Waals surface area contributed by atoms with Gasteiger partial charge in [0.15, 0.2) is 0 Å². The molecule has 0 radical (unpaired) electrons. The van der Waals surface area contributed by atoms with Crippen LogP contribution in [0.4, 0.5) is 5.00 Å². The average Bonchev–Trinajstić information content (AvgIpc) is 3.01. The van der Waals surface area contributed by atoms with Crippen LogP contribution in [0, 0.1) is 0 Å². The molecule has 0 spiro atoms. The molecule has 1 aliphatic rings. The van der Waals surface area contributed by atoms with E-state index < -0.39 is 0 Å². The Labute approximate surface area is 131 Å². The third-order valence-electron chi connectivity index (χ3n) is 3.64. The molecule has 0 saturated heterocycles. The van der Waals surface area contributed by atoms with Gasteiger partial charge >= 0.3 is 0 Å². The van der Waals surface area contributed by atoms with Crippen LogP contribution in [0.15, 0.2) is 60.1 Å². The molecule has 1 amide bonds. The largest absolute Gasteiger partial charge is 0.351 e. The highest BCUT2D eigenvalue weighted by atomic mass is 32.1. The summed E-state index contributed by atoms with van der Waals surface area (Å²) >= 11 is 1.55. The van der Waals surface area contributed by atoms with Crippen LogP contribution in [0.1, 0.15) is 22.2 Å². The summed E-state index contributed by atoms with van der Waals surface area (Å²) in [5, 5.41) is 9.25. The predicted molar refractivity (Wildman–Crippen MR) is 87.8 cm³/mol. The molecule has 1 aromatic carbocycles. The summed E-state index contributed by atoms with van der Waals surface area (Å²) in [5.41, 5.74) is 3.53. The number of aromatic nitrogens is 1. The van der Waals surface area contributed by atoms with Gasteiger partial charge in [-0.15, -0.1) is 11.3 Å². The Morgan fingerprint density at radius 1 is 1.00 bits per heavy atom. The van der Waals surface area contributed by atoms with E-state index in [-0.39, 0.29) is 12.1 Å². The summed E-state index contributed by atoms with van der Waals surface area (Å²) in [4.78, 5) is 16.9. The van der Waals surface area contributed by atoms with Gasteiger partial charge in [0.1, 0.15) is 11.2 Å². The summed E-state index contributed by atoms with van der Waals surface area (Å²) in [7, 11) is 0. The lowest BCUT2D eigenvalue weighted by Crippen LogP contribution is -2.38. The quantitative estimate of drug-likeness (QED) is 0.759. The molecule has 0 saturated carbocycles. The highest BCUT2D eigenvalue weighted by Crippen LogP contribution is 2.39. The zero-order valence-electron chi connectivity index (χ0n) is 11.6. The van der Waals surface area contributed by atoms with Crippen LogP contribution < -0.4 is 10.6 Å². The van der Waals surface area contributed by atoms with E-state index >= 15 is 0 Å². The Bertz CT molecular complexity index is 814. The summed E-state index contributed by atoms with van der Waals surface area (Å²) in [5.74, 6) is -0.0653. The zero-order valence-corrected chi connectivity index (χ0v) is 12.4. The third-order valence-corrected chi connectivity index (χ3v) is 4.55. The van der Waals surface area contributed by atoms with Crippen molar-refractivity contribution in [3.63, 3.8) is 0 Å². The van der Waals surface area contributed by atoms with E-state index in [1.165, 1.54) is 0 Å². The van der Waals surface area contributed by atoms with Gasteiger partial charge in [-0.2, -0.15) is 0 Å². The molecule has 22 heavy (non-hydrogen) atoms. The summed E-state index contributed by atoms with van der Waals surface area (Å²) in [6.45, 7) is 0. The van der Waals surface area contributed by atoms with Crippen molar-refractivity contribution < 1.29 is 4.79 Å². The number of fused-ring (bicyclic) bond motifs is 1. The van der Waals surface area contributed by atoms with Crippen molar-refractivity contribution in [3.8, 4) is 11.1 Å². The van der Waals surface area contributed by atoms with Gasteiger partial charge in [-0.25, -0.2) is 0 Å². The SMILES string of the molecule is O=C1N[C@@H](c2ccccn2)Nc2scc(-c3ccccc3)c21. The molecule has 1 atom stereocenters. The highest BCUT2D eigenvalue weighted by molar-refractivity contribution is 7.15. The van der Waals surface area contributed by atoms with Gasteiger partial charge < -0.3 is 10.6 Å². The molecule has 1 aliphatic heterocycles. The van der Waals surface area contributed by atoms with Crippen LogP contribution in [-0.4, -0.2) is 10.9 Å². The number of carbonyl (C=O) groups is 1. The number of nitrogens with one attached hydrogen (secondary N) is 2. The van der Waals surface area contributed by atoms with Crippen LogP contribution in [0.25, 0.3) is 11.1 Å². The number of hydrogen-bond donors (Lipinski definition) is 2. The lowest BCUT2D eigenvalue weighted by molar-refractivity contribution is 0.0936. The second kappa shape index (κ2) is 5.27.